The van der Waals surface area contributed by atoms with Crippen molar-refractivity contribution in [1.82, 2.24) is 19.9 Å². The Morgan fingerprint density at radius 2 is 1.72 bits per heavy atom. The monoisotopic (exact) mass is 405 g/mol. The summed E-state index contributed by atoms with van der Waals surface area (Å²) in [5.41, 5.74) is 7.86. The quantitative estimate of drug-likeness (QED) is 0.475. The number of piperazine rings is 1. The number of nitrogens with one attached hydrogen (secondary N) is 2. The van der Waals surface area contributed by atoms with Gasteiger partial charge in [0, 0.05) is 77.9 Å². The van der Waals surface area contributed by atoms with Gasteiger partial charge in [-0.1, -0.05) is 29.8 Å². The fourth-order valence-electron chi connectivity index (χ4n) is 4.20. The third-order valence-electron chi connectivity index (χ3n) is 5.94. The molecule has 4 heterocycles. The summed E-state index contributed by atoms with van der Waals surface area (Å²) < 4.78 is 0. The van der Waals surface area contributed by atoms with Crippen molar-refractivity contribution in [3.05, 3.63) is 59.8 Å². The predicted molar refractivity (Wildman–Crippen MR) is 121 cm³/mol. The Labute approximate surface area is 175 Å². The van der Waals surface area contributed by atoms with Crippen molar-refractivity contribution in [3.8, 4) is 22.3 Å². The number of aromatic amines is 2. The van der Waals surface area contributed by atoms with Gasteiger partial charge in [-0.25, -0.2) is 4.98 Å². The second-order valence-corrected chi connectivity index (χ2v) is 8.16. The van der Waals surface area contributed by atoms with Crippen LogP contribution in [0.3, 0.4) is 0 Å². The van der Waals surface area contributed by atoms with E-state index in [0.717, 1.165) is 48.6 Å². The lowest BCUT2D eigenvalue weighted by Crippen LogP contribution is -2.44. The number of benzene rings is 1. The number of aromatic nitrogens is 3. The first-order valence-electron chi connectivity index (χ1n) is 9.95. The van der Waals surface area contributed by atoms with E-state index in [2.05, 4.69) is 69.2 Å². The van der Waals surface area contributed by atoms with Crippen LogP contribution in [-0.2, 0) is 0 Å². The van der Waals surface area contributed by atoms with Gasteiger partial charge >= 0.3 is 0 Å². The minimum absolute atomic E-state index is 0.528. The lowest BCUT2D eigenvalue weighted by molar-refractivity contribution is 0.313. The molecule has 148 valence electrons. The highest BCUT2D eigenvalue weighted by Crippen LogP contribution is 2.40. The maximum atomic E-state index is 6.57. The number of nitrogens with zero attached hydrogens (tertiary/aromatic N) is 3. The fraction of sp³-hybridized carbons (Fsp3) is 0.261. The molecule has 29 heavy (non-hydrogen) atoms. The molecule has 6 heteroatoms. The Balaban J connectivity index is 1.58. The van der Waals surface area contributed by atoms with E-state index in [1.165, 1.54) is 22.0 Å². The molecule has 3 aromatic heterocycles. The van der Waals surface area contributed by atoms with Gasteiger partial charge in [0.2, 0.25) is 0 Å². The minimum atomic E-state index is 0.528. The Morgan fingerprint density at radius 1 is 0.966 bits per heavy atom. The van der Waals surface area contributed by atoms with Crippen LogP contribution in [-0.4, -0.2) is 53.1 Å². The Hall–Kier alpha value is -2.76. The van der Waals surface area contributed by atoms with Crippen LogP contribution in [0.5, 0.6) is 0 Å². The fourth-order valence-corrected chi connectivity index (χ4v) is 4.41. The van der Waals surface area contributed by atoms with Crippen molar-refractivity contribution in [2.45, 2.75) is 6.92 Å². The molecular weight excluding hydrogens is 382 g/mol. The maximum Gasteiger partial charge on any atom is 0.137 e. The van der Waals surface area contributed by atoms with Gasteiger partial charge in [0.1, 0.15) is 5.15 Å². The smallest absolute Gasteiger partial charge is 0.137 e. The number of likely N-dealkylation sites (N-methyl/N-ethyl adjacent to an activating group) is 1. The van der Waals surface area contributed by atoms with Crippen molar-refractivity contribution in [2.24, 2.45) is 0 Å². The van der Waals surface area contributed by atoms with E-state index in [-0.39, 0.29) is 0 Å². The second kappa shape index (κ2) is 7.25. The Morgan fingerprint density at radius 3 is 2.52 bits per heavy atom. The molecule has 0 saturated carbocycles. The molecule has 1 saturated heterocycles. The summed E-state index contributed by atoms with van der Waals surface area (Å²) in [6, 6.07) is 8.56. The largest absolute Gasteiger partial charge is 0.368 e. The molecule has 5 nitrogen and oxygen atoms in total. The van der Waals surface area contributed by atoms with Gasteiger partial charge in [-0.05, 0) is 25.6 Å². The first-order valence-corrected chi connectivity index (χ1v) is 10.3. The van der Waals surface area contributed by atoms with Crippen molar-refractivity contribution >= 4 is 28.2 Å². The molecule has 5 rings (SSSR count). The van der Waals surface area contributed by atoms with Gasteiger partial charge in [-0.2, -0.15) is 0 Å². The van der Waals surface area contributed by atoms with E-state index in [4.69, 9.17) is 11.6 Å². The van der Waals surface area contributed by atoms with Crippen molar-refractivity contribution < 1.29 is 0 Å². The lowest BCUT2D eigenvalue weighted by Gasteiger charge is -2.34. The van der Waals surface area contributed by atoms with E-state index in [9.17, 15) is 0 Å². The summed E-state index contributed by atoms with van der Waals surface area (Å²) in [6.45, 7) is 6.24. The molecule has 0 atom stereocenters. The number of H-pyrrole nitrogens is 2. The molecule has 1 aliphatic heterocycles. The molecule has 0 amide bonds. The number of aryl methyl sites for hydroxylation is 1. The van der Waals surface area contributed by atoms with Crippen molar-refractivity contribution in [1.29, 1.82) is 0 Å². The van der Waals surface area contributed by atoms with E-state index >= 15 is 0 Å². The lowest BCUT2D eigenvalue weighted by atomic mass is 9.98. The van der Waals surface area contributed by atoms with Crippen LogP contribution in [0.15, 0.2) is 49.1 Å². The van der Waals surface area contributed by atoms with Gasteiger partial charge in [-0.3, -0.25) is 0 Å². The Bertz CT molecular complexity index is 1170. The first-order chi connectivity index (χ1) is 14.1. The molecule has 0 bridgehead atoms. The Kier molecular flexibility index (Phi) is 4.57. The van der Waals surface area contributed by atoms with Gasteiger partial charge in [0.25, 0.3) is 0 Å². The van der Waals surface area contributed by atoms with Gasteiger partial charge in [-0.15, -0.1) is 0 Å². The molecule has 4 aromatic rings. The summed E-state index contributed by atoms with van der Waals surface area (Å²) in [5, 5.41) is 1.74. The van der Waals surface area contributed by atoms with Gasteiger partial charge in [0.15, 0.2) is 0 Å². The third kappa shape index (κ3) is 3.20. The van der Waals surface area contributed by atoms with Crippen molar-refractivity contribution in [2.75, 3.05) is 38.1 Å². The number of rotatable bonds is 3. The number of halogens is 1. The minimum Gasteiger partial charge on any atom is -0.368 e. The maximum absolute atomic E-state index is 6.57. The summed E-state index contributed by atoms with van der Waals surface area (Å²) in [4.78, 5) is 16.0. The van der Waals surface area contributed by atoms with Gasteiger partial charge < -0.3 is 19.8 Å². The molecular formula is C23H24ClN5. The highest BCUT2D eigenvalue weighted by molar-refractivity contribution is 6.32. The summed E-state index contributed by atoms with van der Waals surface area (Å²) >= 11 is 6.57. The van der Waals surface area contributed by atoms with Crippen LogP contribution in [0.2, 0.25) is 5.15 Å². The van der Waals surface area contributed by atoms with Crippen LogP contribution in [0.25, 0.3) is 33.2 Å². The van der Waals surface area contributed by atoms with Crippen LogP contribution in [0.1, 0.15) is 5.56 Å². The zero-order chi connectivity index (χ0) is 20.0. The second-order valence-electron chi connectivity index (χ2n) is 7.80. The molecule has 0 radical (unpaired) electrons. The number of fused-ring (bicyclic) bond motifs is 1. The molecule has 1 fully saturated rings. The summed E-state index contributed by atoms with van der Waals surface area (Å²) in [6.07, 6.45) is 8.02. The first kappa shape index (κ1) is 18.3. The van der Waals surface area contributed by atoms with E-state index in [1.54, 1.807) is 0 Å². The normalized spacial score (nSPS) is 15.3. The molecule has 1 aliphatic rings. The molecule has 0 aliphatic carbocycles. The average molecular weight is 406 g/mol. The number of hydrogen-bond acceptors (Lipinski definition) is 3. The van der Waals surface area contributed by atoms with E-state index in [1.807, 2.05) is 18.6 Å². The SMILES string of the molecule is Cc1cccc2c(-c3c[nH]cc3-c3cc(N4CCN(C)CC4)cnc3Cl)c[nH]c12. The topological polar surface area (TPSA) is 51.0 Å². The molecule has 1 aromatic carbocycles. The number of hydrogen-bond donors (Lipinski definition) is 2. The number of anilines is 1. The van der Waals surface area contributed by atoms with E-state index < -0.39 is 0 Å². The number of pyridine rings is 1. The van der Waals surface area contributed by atoms with Crippen LogP contribution >= 0.6 is 11.6 Å². The third-order valence-corrected chi connectivity index (χ3v) is 6.24. The summed E-state index contributed by atoms with van der Waals surface area (Å²) in [7, 11) is 2.16. The van der Waals surface area contributed by atoms with E-state index in [0.29, 0.717) is 5.15 Å². The van der Waals surface area contributed by atoms with Gasteiger partial charge in [0.05, 0.1) is 11.9 Å². The highest BCUT2D eigenvalue weighted by Gasteiger charge is 2.19. The summed E-state index contributed by atoms with van der Waals surface area (Å²) in [5.74, 6) is 0. The van der Waals surface area contributed by atoms with Crippen LogP contribution in [0.4, 0.5) is 5.69 Å². The standard InChI is InChI=1S/C23H24ClN5/c1-15-4-3-5-17-21(14-26-22(15)17)20-13-25-12-19(20)18-10-16(11-27-23(18)24)29-8-6-28(2)7-9-29/h3-5,10-14,25-26H,6-9H2,1-2H3. The zero-order valence-electron chi connectivity index (χ0n) is 16.7. The van der Waals surface area contributed by atoms with Crippen molar-refractivity contribution in [3.63, 3.8) is 0 Å². The molecule has 2 N–H and O–H groups in total. The molecule has 0 unspecified atom stereocenters. The molecule has 0 spiro atoms. The van der Waals surface area contributed by atoms with Crippen LogP contribution in [0, 0.1) is 6.92 Å². The predicted octanol–water partition coefficient (Wildman–Crippen LogP) is 4.94. The highest BCUT2D eigenvalue weighted by atomic mass is 35.5. The average Bonchev–Trinajstić information content (AvgIpc) is 3.36. The van der Waals surface area contributed by atoms with Crippen LogP contribution < -0.4 is 4.90 Å². The number of para-hydroxylation sites is 1. The zero-order valence-corrected chi connectivity index (χ0v) is 17.4.